The van der Waals surface area contributed by atoms with E-state index in [4.69, 9.17) is 4.74 Å². The normalized spacial score (nSPS) is 12.3. The highest BCUT2D eigenvalue weighted by Crippen LogP contribution is 2.30. The van der Waals surface area contributed by atoms with E-state index in [0.717, 1.165) is 10.4 Å². The van der Waals surface area contributed by atoms with Gasteiger partial charge >= 0.3 is 5.97 Å². The summed E-state index contributed by atoms with van der Waals surface area (Å²) in [5, 5.41) is 8.27. The van der Waals surface area contributed by atoms with E-state index < -0.39 is 17.4 Å². The van der Waals surface area contributed by atoms with Gasteiger partial charge in [-0.3, -0.25) is 14.4 Å². The lowest BCUT2D eigenvalue weighted by molar-refractivity contribution is -0.141. The van der Waals surface area contributed by atoms with Crippen molar-refractivity contribution >= 4 is 45.5 Å². The fourth-order valence-electron chi connectivity index (χ4n) is 2.25. The van der Waals surface area contributed by atoms with Crippen molar-refractivity contribution in [1.82, 2.24) is 5.32 Å². The number of esters is 1. The standard InChI is InChI=1S/C19H24N2O4S2/c1-11-9-14(21-18(24)19(2,3)4)27-16(11)17(23)20-12(10-15(22)25-5)13-7-6-8-26-13/h6-9,12H,10H2,1-5H3,(H,20,23)(H,21,24). The lowest BCUT2D eigenvalue weighted by Gasteiger charge is -2.17. The van der Waals surface area contributed by atoms with Crippen molar-refractivity contribution in [3.63, 3.8) is 0 Å². The average molecular weight is 409 g/mol. The molecule has 2 N–H and O–H groups in total. The second-order valence-electron chi connectivity index (χ2n) is 7.15. The first-order chi connectivity index (χ1) is 12.6. The van der Waals surface area contributed by atoms with E-state index in [-0.39, 0.29) is 18.2 Å². The number of amides is 2. The molecule has 2 rings (SSSR count). The molecule has 2 amide bonds. The summed E-state index contributed by atoms with van der Waals surface area (Å²) in [6.07, 6.45) is 0.0563. The first kappa shape index (κ1) is 21.1. The van der Waals surface area contributed by atoms with Gasteiger partial charge in [0, 0.05) is 10.3 Å². The second kappa shape index (κ2) is 8.67. The Morgan fingerprint density at radius 2 is 1.96 bits per heavy atom. The summed E-state index contributed by atoms with van der Waals surface area (Å²) in [7, 11) is 1.32. The number of aryl methyl sites for hydroxylation is 1. The molecular formula is C19H24N2O4S2. The number of rotatable bonds is 6. The molecule has 0 aliphatic heterocycles. The highest BCUT2D eigenvalue weighted by atomic mass is 32.1. The molecule has 1 unspecified atom stereocenters. The van der Waals surface area contributed by atoms with Crippen LogP contribution in [0.2, 0.25) is 0 Å². The molecule has 0 fully saturated rings. The van der Waals surface area contributed by atoms with Crippen molar-refractivity contribution in [3.05, 3.63) is 38.9 Å². The van der Waals surface area contributed by atoms with E-state index in [9.17, 15) is 14.4 Å². The van der Waals surface area contributed by atoms with Gasteiger partial charge in [0.25, 0.3) is 5.91 Å². The highest BCUT2D eigenvalue weighted by molar-refractivity contribution is 7.18. The quantitative estimate of drug-likeness (QED) is 0.704. The summed E-state index contributed by atoms with van der Waals surface area (Å²) in [5.74, 6) is -0.788. The maximum atomic E-state index is 12.8. The van der Waals surface area contributed by atoms with Gasteiger partial charge in [0.05, 0.1) is 29.5 Å². The fourth-order valence-corrected chi connectivity index (χ4v) is 4.00. The molecule has 0 spiro atoms. The Morgan fingerprint density at radius 3 is 2.52 bits per heavy atom. The van der Waals surface area contributed by atoms with Crippen LogP contribution in [0.25, 0.3) is 0 Å². The van der Waals surface area contributed by atoms with Crippen LogP contribution in [0, 0.1) is 12.3 Å². The van der Waals surface area contributed by atoms with Gasteiger partial charge < -0.3 is 15.4 Å². The number of carbonyl (C=O) groups is 3. The lowest BCUT2D eigenvalue weighted by Crippen LogP contribution is -2.29. The summed E-state index contributed by atoms with van der Waals surface area (Å²) in [4.78, 5) is 38.0. The van der Waals surface area contributed by atoms with Gasteiger partial charge in [0.15, 0.2) is 0 Å². The zero-order valence-corrected chi connectivity index (χ0v) is 17.7. The number of methoxy groups -OCH3 is 1. The Labute approximate surface area is 166 Å². The van der Waals surface area contributed by atoms with Gasteiger partial charge in [-0.05, 0) is 30.0 Å². The molecule has 146 valence electrons. The van der Waals surface area contributed by atoms with E-state index in [2.05, 4.69) is 10.6 Å². The zero-order valence-electron chi connectivity index (χ0n) is 16.0. The predicted octanol–water partition coefficient (Wildman–Crippen LogP) is 4.14. The van der Waals surface area contributed by atoms with Gasteiger partial charge in [-0.2, -0.15) is 0 Å². The number of anilines is 1. The molecule has 0 aromatic carbocycles. The first-order valence-corrected chi connectivity index (χ1v) is 10.1. The average Bonchev–Trinajstić information content (AvgIpc) is 3.23. The number of carbonyl (C=O) groups excluding carboxylic acids is 3. The summed E-state index contributed by atoms with van der Waals surface area (Å²) in [5.41, 5.74) is 0.246. The first-order valence-electron chi connectivity index (χ1n) is 8.44. The Hall–Kier alpha value is -2.19. The van der Waals surface area contributed by atoms with Crippen LogP contribution in [-0.2, 0) is 14.3 Å². The molecule has 0 aliphatic carbocycles. The maximum Gasteiger partial charge on any atom is 0.307 e. The molecule has 2 heterocycles. The van der Waals surface area contributed by atoms with E-state index >= 15 is 0 Å². The molecular weight excluding hydrogens is 384 g/mol. The Bertz CT molecular complexity index is 819. The van der Waals surface area contributed by atoms with Crippen LogP contribution < -0.4 is 10.6 Å². The summed E-state index contributed by atoms with van der Waals surface area (Å²) in [6.45, 7) is 7.30. The molecule has 0 aliphatic rings. The van der Waals surface area contributed by atoms with Gasteiger partial charge in [-0.1, -0.05) is 26.8 Å². The largest absolute Gasteiger partial charge is 0.469 e. The van der Waals surface area contributed by atoms with Crippen LogP contribution in [0.1, 0.15) is 53.3 Å². The molecule has 1 atom stereocenters. The molecule has 2 aromatic heterocycles. The van der Waals surface area contributed by atoms with Crippen molar-refractivity contribution in [1.29, 1.82) is 0 Å². The summed E-state index contributed by atoms with van der Waals surface area (Å²) >= 11 is 2.68. The van der Waals surface area contributed by atoms with E-state index in [1.165, 1.54) is 29.8 Å². The van der Waals surface area contributed by atoms with Crippen LogP contribution in [0.4, 0.5) is 5.00 Å². The summed E-state index contributed by atoms with van der Waals surface area (Å²) < 4.78 is 4.74. The van der Waals surface area contributed by atoms with Crippen molar-refractivity contribution in [2.45, 2.75) is 40.2 Å². The SMILES string of the molecule is COC(=O)CC(NC(=O)c1sc(NC(=O)C(C)(C)C)cc1C)c1cccs1. The van der Waals surface area contributed by atoms with Crippen LogP contribution in [0.5, 0.6) is 0 Å². The number of hydrogen-bond donors (Lipinski definition) is 2. The fraction of sp³-hybridized carbons (Fsp3) is 0.421. The molecule has 2 aromatic rings. The van der Waals surface area contributed by atoms with E-state index in [0.29, 0.717) is 9.88 Å². The topological polar surface area (TPSA) is 84.5 Å². The monoisotopic (exact) mass is 408 g/mol. The number of ether oxygens (including phenoxy) is 1. The minimum Gasteiger partial charge on any atom is -0.469 e. The van der Waals surface area contributed by atoms with Gasteiger partial charge in [-0.25, -0.2) is 0 Å². The molecule has 27 heavy (non-hydrogen) atoms. The van der Waals surface area contributed by atoms with Crippen LogP contribution >= 0.6 is 22.7 Å². The third-order valence-corrected chi connectivity index (χ3v) is 5.97. The molecule has 0 bridgehead atoms. The molecule has 8 heteroatoms. The minimum atomic E-state index is -0.523. The molecule has 6 nitrogen and oxygen atoms in total. The number of thiophene rings is 2. The van der Waals surface area contributed by atoms with Crippen molar-refractivity contribution in [2.24, 2.45) is 5.41 Å². The number of hydrogen-bond acceptors (Lipinski definition) is 6. The van der Waals surface area contributed by atoms with Crippen LogP contribution in [0.15, 0.2) is 23.6 Å². The van der Waals surface area contributed by atoms with E-state index in [1.807, 2.05) is 45.2 Å². The van der Waals surface area contributed by atoms with Crippen LogP contribution in [0.3, 0.4) is 0 Å². The summed E-state index contributed by atoms with van der Waals surface area (Å²) in [6, 6.07) is 5.06. The Balaban J connectivity index is 2.16. The Kier molecular flexibility index (Phi) is 6.78. The lowest BCUT2D eigenvalue weighted by atomic mass is 9.96. The van der Waals surface area contributed by atoms with Gasteiger partial charge in [0.2, 0.25) is 5.91 Å². The second-order valence-corrected chi connectivity index (χ2v) is 9.18. The van der Waals surface area contributed by atoms with Crippen molar-refractivity contribution in [3.8, 4) is 0 Å². The molecule has 0 saturated heterocycles. The molecule has 0 saturated carbocycles. The smallest absolute Gasteiger partial charge is 0.307 e. The van der Waals surface area contributed by atoms with Crippen LogP contribution in [-0.4, -0.2) is 24.9 Å². The van der Waals surface area contributed by atoms with E-state index in [1.54, 1.807) is 6.07 Å². The maximum absolute atomic E-state index is 12.8. The van der Waals surface area contributed by atoms with Crippen molar-refractivity contribution < 1.29 is 19.1 Å². The molecule has 0 radical (unpaired) electrons. The zero-order chi connectivity index (χ0) is 20.2. The van der Waals surface area contributed by atoms with Gasteiger partial charge in [0.1, 0.15) is 0 Å². The Morgan fingerprint density at radius 1 is 1.26 bits per heavy atom. The minimum absolute atomic E-state index is 0.0563. The highest BCUT2D eigenvalue weighted by Gasteiger charge is 2.25. The van der Waals surface area contributed by atoms with Gasteiger partial charge in [-0.15, -0.1) is 22.7 Å². The third kappa shape index (κ3) is 5.64. The van der Waals surface area contributed by atoms with Crippen molar-refractivity contribution in [2.75, 3.05) is 12.4 Å². The number of nitrogens with one attached hydrogen (secondary N) is 2. The predicted molar refractivity (Wildman–Crippen MR) is 108 cm³/mol. The third-order valence-electron chi connectivity index (χ3n) is 3.83.